The molecule has 0 amide bonds. The van der Waals surface area contributed by atoms with Crippen LogP contribution in [0.5, 0.6) is 0 Å². The van der Waals surface area contributed by atoms with Crippen molar-refractivity contribution in [2.24, 2.45) is 0 Å². The molecule has 0 spiro atoms. The predicted molar refractivity (Wildman–Crippen MR) is 59.1 cm³/mol. The van der Waals surface area contributed by atoms with Crippen molar-refractivity contribution < 1.29 is 5.11 Å². The van der Waals surface area contributed by atoms with E-state index in [1.807, 2.05) is 0 Å². The number of benzene rings is 1. The first-order valence-corrected chi connectivity index (χ1v) is 5.16. The molecule has 1 N–H and O–H groups in total. The van der Waals surface area contributed by atoms with Crippen LogP contribution in [0.1, 0.15) is 18.4 Å². The number of hydrogen-bond donors (Lipinski definition) is 1. The van der Waals surface area contributed by atoms with E-state index in [-0.39, 0.29) is 0 Å². The van der Waals surface area contributed by atoms with Gasteiger partial charge in [0.2, 0.25) is 0 Å². The summed E-state index contributed by atoms with van der Waals surface area (Å²) in [6.07, 6.45) is 2.76. The Morgan fingerprint density at radius 2 is 1.64 bits per heavy atom. The van der Waals surface area contributed by atoms with Gasteiger partial charge in [-0.1, -0.05) is 30.3 Å². The number of rotatable bonds is 2. The van der Waals surface area contributed by atoms with Crippen molar-refractivity contribution in [1.82, 2.24) is 4.90 Å². The predicted octanol–water partition coefficient (Wildman–Crippen LogP) is 1.89. The Labute approximate surface area is 86.2 Å². The molecule has 2 rings (SSSR count). The van der Waals surface area contributed by atoms with E-state index in [4.69, 9.17) is 5.11 Å². The van der Waals surface area contributed by atoms with Crippen LogP contribution in [0.15, 0.2) is 30.3 Å². The normalized spacial score (nSPS) is 16.1. The maximum atomic E-state index is 7.00. The lowest BCUT2D eigenvalue weighted by Crippen LogP contribution is -2.18. The summed E-state index contributed by atoms with van der Waals surface area (Å²) in [5.74, 6) is 0. The SMILES string of the molecule is CO.c1ccc(CN2CCCC2)cc1. The molecule has 0 saturated carbocycles. The summed E-state index contributed by atoms with van der Waals surface area (Å²) < 4.78 is 0. The monoisotopic (exact) mass is 193 g/mol. The Kier molecular flexibility index (Phi) is 5.27. The molecule has 0 aromatic heterocycles. The van der Waals surface area contributed by atoms with Crippen molar-refractivity contribution in [1.29, 1.82) is 0 Å². The van der Waals surface area contributed by atoms with Gasteiger partial charge >= 0.3 is 0 Å². The van der Waals surface area contributed by atoms with E-state index in [0.717, 1.165) is 13.7 Å². The molecule has 1 aliphatic rings. The number of aliphatic hydroxyl groups is 1. The summed E-state index contributed by atoms with van der Waals surface area (Å²) in [6, 6.07) is 10.7. The summed E-state index contributed by atoms with van der Waals surface area (Å²) in [5, 5.41) is 7.00. The van der Waals surface area contributed by atoms with E-state index >= 15 is 0 Å². The third-order valence-corrected chi connectivity index (χ3v) is 2.45. The van der Waals surface area contributed by atoms with Crippen LogP contribution in [-0.2, 0) is 6.54 Å². The van der Waals surface area contributed by atoms with Gasteiger partial charge in [-0.05, 0) is 31.5 Å². The number of aliphatic hydroxyl groups excluding tert-OH is 1. The molecular formula is C12H19NO. The minimum Gasteiger partial charge on any atom is -0.400 e. The zero-order valence-corrected chi connectivity index (χ0v) is 8.82. The highest BCUT2D eigenvalue weighted by Crippen LogP contribution is 2.11. The number of nitrogens with zero attached hydrogens (tertiary/aromatic N) is 1. The van der Waals surface area contributed by atoms with Gasteiger partial charge in [-0.25, -0.2) is 0 Å². The van der Waals surface area contributed by atoms with Gasteiger partial charge in [-0.15, -0.1) is 0 Å². The van der Waals surface area contributed by atoms with Crippen LogP contribution in [0.3, 0.4) is 0 Å². The zero-order valence-electron chi connectivity index (χ0n) is 8.82. The lowest BCUT2D eigenvalue weighted by molar-refractivity contribution is 0.331. The quantitative estimate of drug-likeness (QED) is 0.775. The van der Waals surface area contributed by atoms with E-state index in [1.54, 1.807) is 0 Å². The third kappa shape index (κ3) is 3.48. The van der Waals surface area contributed by atoms with Crippen LogP contribution in [0.2, 0.25) is 0 Å². The van der Waals surface area contributed by atoms with Crippen LogP contribution in [0.25, 0.3) is 0 Å². The highest BCUT2D eigenvalue weighted by atomic mass is 16.2. The molecule has 0 bridgehead atoms. The molecule has 14 heavy (non-hydrogen) atoms. The highest BCUT2D eigenvalue weighted by molar-refractivity contribution is 5.14. The average molecular weight is 193 g/mol. The second-order valence-electron chi connectivity index (χ2n) is 3.47. The molecule has 1 aromatic carbocycles. The summed E-state index contributed by atoms with van der Waals surface area (Å²) in [7, 11) is 1.00. The molecule has 1 saturated heterocycles. The van der Waals surface area contributed by atoms with Crippen molar-refractivity contribution in [3.05, 3.63) is 35.9 Å². The smallest absolute Gasteiger partial charge is 0.0319 e. The van der Waals surface area contributed by atoms with Crippen LogP contribution in [0.4, 0.5) is 0 Å². The van der Waals surface area contributed by atoms with Crippen molar-refractivity contribution in [3.8, 4) is 0 Å². The van der Waals surface area contributed by atoms with Gasteiger partial charge < -0.3 is 5.11 Å². The van der Waals surface area contributed by atoms with Gasteiger partial charge in [0.1, 0.15) is 0 Å². The van der Waals surface area contributed by atoms with Crippen molar-refractivity contribution in [2.45, 2.75) is 19.4 Å². The Hall–Kier alpha value is -0.860. The first kappa shape index (κ1) is 11.2. The standard InChI is InChI=1S/C11H15N.CH4O/c1-2-6-11(7-3-1)10-12-8-4-5-9-12;1-2/h1-3,6-7H,4-5,8-10H2;2H,1H3. The fourth-order valence-corrected chi connectivity index (χ4v) is 1.78. The molecule has 2 nitrogen and oxygen atoms in total. The number of likely N-dealkylation sites (tertiary alicyclic amines) is 1. The maximum absolute atomic E-state index is 7.00. The van der Waals surface area contributed by atoms with Crippen LogP contribution >= 0.6 is 0 Å². The molecule has 1 aliphatic heterocycles. The molecule has 0 atom stereocenters. The first-order chi connectivity index (χ1) is 6.95. The molecule has 1 heterocycles. The second kappa shape index (κ2) is 6.57. The fraction of sp³-hybridized carbons (Fsp3) is 0.500. The largest absolute Gasteiger partial charge is 0.400 e. The van der Waals surface area contributed by atoms with E-state index < -0.39 is 0 Å². The van der Waals surface area contributed by atoms with Gasteiger partial charge in [-0.3, -0.25) is 4.90 Å². The summed E-state index contributed by atoms with van der Waals surface area (Å²) in [6.45, 7) is 3.71. The van der Waals surface area contributed by atoms with Crippen molar-refractivity contribution in [3.63, 3.8) is 0 Å². The first-order valence-electron chi connectivity index (χ1n) is 5.16. The highest BCUT2D eigenvalue weighted by Gasteiger charge is 2.10. The summed E-state index contributed by atoms with van der Waals surface area (Å²) in [4.78, 5) is 2.52. The Bertz CT molecular complexity index is 229. The third-order valence-electron chi connectivity index (χ3n) is 2.45. The fourth-order valence-electron chi connectivity index (χ4n) is 1.78. The summed E-state index contributed by atoms with van der Waals surface area (Å²) >= 11 is 0. The topological polar surface area (TPSA) is 23.5 Å². The Morgan fingerprint density at radius 1 is 1.07 bits per heavy atom. The van der Waals surface area contributed by atoms with E-state index in [1.165, 1.54) is 31.5 Å². The van der Waals surface area contributed by atoms with Crippen LogP contribution < -0.4 is 0 Å². The molecule has 0 radical (unpaired) electrons. The molecule has 1 aromatic rings. The molecule has 0 aliphatic carbocycles. The van der Waals surface area contributed by atoms with Crippen LogP contribution in [-0.4, -0.2) is 30.2 Å². The summed E-state index contributed by atoms with van der Waals surface area (Å²) in [5.41, 5.74) is 1.44. The van der Waals surface area contributed by atoms with Crippen LogP contribution in [0, 0.1) is 0 Å². The lowest BCUT2D eigenvalue weighted by Gasteiger charge is -2.13. The van der Waals surface area contributed by atoms with Gasteiger partial charge in [0.15, 0.2) is 0 Å². The Balaban J connectivity index is 0.000000461. The van der Waals surface area contributed by atoms with E-state index in [9.17, 15) is 0 Å². The van der Waals surface area contributed by atoms with E-state index in [2.05, 4.69) is 35.2 Å². The molecule has 78 valence electrons. The lowest BCUT2D eigenvalue weighted by atomic mass is 10.2. The average Bonchev–Trinajstić information content (AvgIpc) is 2.75. The van der Waals surface area contributed by atoms with Gasteiger partial charge in [-0.2, -0.15) is 0 Å². The van der Waals surface area contributed by atoms with Gasteiger partial charge in [0, 0.05) is 13.7 Å². The van der Waals surface area contributed by atoms with Crippen molar-refractivity contribution >= 4 is 0 Å². The zero-order chi connectivity index (χ0) is 10.2. The van der Waals surface area contributed by atoms with Gasteiger partial charge in [0.05, 0.1) is 0 Å². The Morgan fingerprint density at radius 3 is 2.21 bits per heavy atom. The minimum atomic E-state index is 1.00. The molecule has 0 unspecified atom stereocenters. The minimum absolute atomic E-state index is 1.00. The number of hydrogen-bond acceptors (Lipinski definition) is 2. The molecule has 2 heteroatoms. The second-order valence-corrected chi connectivity index (χ2v) is 3.47. The van der Waals surface area contributed by atoms with Gasteiger partial charge in [0.25, 0.3) is 0 Å². The molecular weight excluding hydrogens is 174 g/mol. The maximum Gasteiger partial charge on any atom is 0.0319 e. The molecule has 1 fully saturated rings. The van der Waals surface area contributed by atoms with E-state index in [0.29, 0.717) is 0 Å². The van der Waals surface area contributed by atoms with Crippen molar-refractivity contribution in [2.75, 3.05) is 20.2 Å².